The fourth-order valence-corrected chi connectivity index (χ4v) is 4.54. The first-order valence-electron chi connectivity index (χ1n) is 8.41. The number of aromatic nitrogens is 2. The molecule has 6 heteroatoms. The van der Waals surface area contributed by atoms with Crippen LogP contribution in [0.2, 0.25) is 0 Å². The third-order valence-electron chi connectivity index (χ3n) is 4.46. The van der Waals surface area contributed by atoms with Crippen LogP contribution in [0, 0.1) is 13.8 Å². The van der Waals surface area contributed by atoms with Crippen LogP contribution in [-0.2, 0) is 6.54 Å². The molecular formula is C17H26N4S2. The number of aryl methyl sites for hydroxylation is 2. The SMILES string of the molecule is CSCCCNc1nc(CN2CCCC2)nc2sc(C)c(C)c12. The van der Waals surface area contributed by atoms with Crippen molar-refractivity contribution in [1.82, 2.24) is 14.9 Å². The predicted octanol–water partition coefficient (Wildman–Crippen LogP) is 4.07. The molecule has 0 radical (unpaired) electrons. The van der Waals surface area contributed by atoms with Gasteiger partial charge in [0.15, 0.2) is 0 Å². The van der Waals surface area contributed by atoms with Crippen LogP contribution < -0.4 is 5.32 Å². The minimum atomic E-state index is 0.880. The van der Waals surface area contributed by atoms with E-state index in [0.717, 1.165) is 36.0 Å². The van der Waals surface area contributed by atoms with Crippen LogP contribution in [0.25, 0.3) is 10.2 Å². The molecule has 0 atom stereocenters. The molecule has 0 spiro atoms. The molecule has 0 unspecified atom stereocenters. The number of hydrogen-bond donors (Lipinski definition) is 1. The van der Waals surface area contributed by atoms with Crippen molar-refractivity contribution in [3.63, 3.8) is 0 Å². The molecule has 23 heavy (non-hydrogen) atoms. The van der Waals surface area contributed by atoms with Crippen LogP contribution in [-0.4, -0.2) is 46.5 Å². The highest BCUT2D eigenvalue weighted by Crippen LogP contribution is 2.33. The lowest BCUT2D eigenvalue weighted by Gasteiger charge is -2.15. The summed E-state index contributed by atoms with van der Waals surface area (Å²) >= 11 is 3.69. The summed E-state index contributed by atoms with van der Waals surface area (Å²) < 4.78 is 0. The topological polar surface area (TPSA) is 41.1 Å². The second-order valence-corrected chi connectivity index (χ2v) is 8.40. The Hall–Kier alpha value is -0.850. The van der Waals surface area contributed by atoms with Gasteiger partial charge in [-0.2, -0.15) is 11.8 Å². The molecule has 1 fully saturated rings. The zero-order chi connectivity index (χ0) is 16.2. The Morgan fingerprint density at radius 2 is 2.00 bits per heavy atom. The van der Waals surface area contributed by atoms with Crippen molar-refractivity contribution in [3.05, 3.63) is 16.3 Å². The number of anilines is 1. The van der Waals surface area contributed by atoms with Crippen molar-refractivity contribution in [3.8, 4) is 0 Å². The van der Waals surface area contributed by atoms with E-state index in [0.29, 0.717) is 0 Å². The van der Waals surface area contributed by atoms with E-state index in [2.05, 4.69) is 30.3 Å². The van der Waals surface area contributed by atoms with E-state index in [4.69, 9.17) is 9.97 Å². The maximum atomic E-state index is 4.87. The minimum Gasteiger partial charge on any atom is -0.369 e. The largest absolute Gasteiger partial charge is 0.369 e. The molecule has 3 heterocycles. The van der Waals surface area contributed by atoms with E-state index in [1.54, 1.807) is 11.3 Å². The van der Waals surface area contributed by atoms with Crippen LogP contribution in [0.15, 0.2) is 0 Å². The molecule has 1 saturated heterocycles. The van der Waals surface area contributed by atoms with Gasteiger partial charge in [0.1, 0.15) is 16.5 Å². The molecule has 1 aliphatic heterocycles. The van der Waals surface area contributed by atoms with Crippen LogP contribution in [0.1, 0.15) is 35.5 Å². The van der Waals surface area contributed by atoms with E-state index >= 15 is 0 Å². The number of likely N-dealkylation sites (tertiary alicyclic amines) is 1. The third-order valence-corrected chi connectivity index (χ3v) is 6.25. The van der Waals surface area contributed by atoms with E-state index in [9.17, 15) is 0 Å². The molecule has 2 aromatic heterocycles. The molecule has 2 aromatic rings. The summed E-state index contributed by atoms with van der Waals surface area (Å²) in [5.41, 5.74) is 1.32. The molecule has 1 N–H and O–H groups in total. The maximum absolute atomic E-state index is 4.87. The normalized spacial score (nSPS) is 15.6. The van der Waals surface area contributed by atoms with Crippen molar-refractivity contribution in [2.24, 2.45) is 0 Å². The number of rotatable bonds is 7. The van der Waals surface area contributed by atoms with Gasteiger partial charge in [-0.15, -0.1) is 11.3 Å². The average Bonchev–Trinajstić information content (AvgIpc) is 3.13. The van der Waals surface area contributed by atoms with Gasteiger partial charge < -0.3 is 5.32 Å². The Morgan fingerprint density at radius 3 is 2.74 bits per heavy atom. The summed E-state index contributed by atoms with van der Waals surface area (Å²) in [5, 5.41) is 4.79. The van der Waals surface area contributed by atoms with Gasteiger partial charge in [-0.25, -0.2) is 9.97 Å². The highest BCUT2D eigenvalue weighted by Gasteiger charge is 2.17. The number of nitrogens with one attached hydrogen (secondary N) is 1. The lowest BCUT2D eigenvalue weighted by molar-refractivity contribution is 0.323. The number of thioether (sulfide) groups is 1. The van der Waals surface area contributed by atoms with Crippen LogP contribution in [0.5, 0.6) is 0 Å². The molecule has 0 amide bonds. The first kappa shape index (κ1) is 17.0. The fourth-order valence-electron chi connectivity index (χ4n) is 3.06. The molecule has 126 valence electrons. The van der Waals surface area contributed by atoms with Crippen molar-refractivity contribution in [2.75, 3.05) is 37.0 Å². The van der Waals surface area contributed by atoms with Gasteiger partial charge in [0.2, 0.25) is 0 Å². The van der Waals surface area contributed by atoms with Crippen LogP contribution >= 0.6 is 23.1 Å². The van der Waals surface area contributed by atoms with Crippen molar-refractivity contribution in [1.29, 1.82) is 0 Å². The van der Waals surface area contributed by atoms with Gasteiger partial charge >= 0.3 is 0 Å². The second kappa shape index (κ2) is 7.81. The summed E-state index contributed by atoms with van der Waals surface area (Å²) in [6, 6.07) is 0. The van der Waals surface area contributed by atoms with Crippen LogP contribution in [0.3, 0.4) is 0 Å². The Morgan fingerprint density at radius 1 is 1.22 bits per heavy atom. The number of nitrogens with zero attached hydrogens (tertiary/aromatic N) is 3. The zero-order valence-electron chi connectivity index (χ0n) is 14.3. The summed E-state index contributed by atoms with van der Waals surface area (Å²) in [7, 11) is 0. The number of hydrogen-bond acceptors (Lipinski definition) is 6. The van der Waals surface area contributed by atoms with Gasteiger partial charge in [-0.3, -0.25) is 4.90 Å². The van der Waals surface area contributed by atoms with Crippen molar-refractivity contribution in [2.45, 2.75) is 39.7 Å². The highest BCUT2D eigenvalue weighted by atomic mass is 32.2. The fraction of sp³-hybridized carbons (Fsp3) is 0.647. The second-order valence-electron chi connectivity index (χ2n) is 6.21. The zero-order valence-corrected chi connectivity index (χ0v) is 15.9. The Balaban J connectivity index is 1.86. The molecule has 1 aliphatic rings. The van der Waals surface area contributed by atoms with E-state index < -0.39 is 0 Å². The highest BCUT2D eigenvalue weighted by molar-refractivity contribution is 7.98. The number of thiophene rings is 1. The molecule has 3 rings (SSSR count). The molecule has 0 saturated carbocycles. The quantitative estimate of drug-likeness (QED) is 0.762. The van der Waals surface area contributed by atoms with E-state index in [1.165, 1.54) is 47.5 Å². The summed E-state index contributed by atoms with van der Waals surface area (Å²) in [4.78, 5) is 14.7. The van der Waals surface area contributed by atoms with Gasteiger partial charge in [-0.1, -0.05) is 0 Å². The number of fused-ring (bicyclic) bond motifs is 1. The lowest BCUT2D eigenvalue weighted by atomic mass is 10.2. The Kier molecular flexibility index (Phi) is 5.77. The summed E-state index contributed by atoms with van der Waals surface area (Å²) in [6.07, 6.45) is 5.93. The van der Waals surface area contributed by atoms with Crippen LogP contribution in [0.4, 0.5) is 5.82 Å². The monoisotopic (exact) mass is 350 g/mol. The third kappa shape index (κ3) is 3.98. The smallest absolute Gasteiger partial charge is 0.146 e. The first-order chi connectivity index (χ1) is 11.2. The Labute approximate surface area is 147 Å². The van der Waals surface area contributed by atoms with E-state index in [-0.39, 0.29) is 0 Å². The van der Waals surface area contributed by atoms with Crippen molar-refractivity contribution >= 4 is 39.1 Å². The van der Waals surface area contributed by atoms with Gasteiger partial charge in [0, 0.05) is 11.4 Å². The van der Waals surface area contributed by atoms with Crippen molar-refractivity contribution < 1.29 is 0 Å². The Bertz CT molecular complexity index is 662. The summed E-state index contributed by atoms with van der Waals surface area (Å²) in [6.45, 7) is 8.58. The molecule has 0 bridgehead atoms. The average molecular weight is 351 g/mol. The molecular weight excluding hydrogens is 324 g/mol. The molecule has 4 nitrogen and oxygen atoms in total. The lowest BCUT2D eigenvalue weighted by Crippen LogP contribution is -2.20. The van der Waals surface area contributed by atoms with Gasteiger partial charge in [0.05, 0.1) is 11.9 Å². The maximum Gasteiger partial charge on any atom is 0.146 e. The molecule has 0 aromatic carbocycles. The van der Waals surface area contributed by atoms with Gasteiger partial charge in [0.25, 0.3) is 0 Å². The first-order valence-corrected chi connectivity index (χ1v) is 10.6. The summed E-state index contributed by atoms with van der Waals surface area (Å²) in [5.74, 6) is 3.18. The predicted molar refractivity (Wildman–Crippen MR) is 103 cm³/mol. The minimum absolute atomic E-state index is 0.880. The molecule has 0 aliphatic carbocycles. The van der Waals surface area contributed by atoms with E-state index in [1.807, 2.05) is 11.8 Å². The standard InChI is InChI=1S/C17H26N4S2/c1-12-13(2)23-17-15(12)16(18-7-6-10-22-3)19-14(20-17)11-21-8-4-5-9-21/h4-11H2,1-3H3,(H,18,19,20). The van der Waals surface area contributed by atoms with Gasteiger partial charge in [-0.05, 0) is 63.8 Å².